The van der Waals surface area contributed by atoms with Crippen molar-refractivity contribution < 1.29 is 22.7 Å². The van der Waals surface area contributed by atoms with Crippen molar-refractivity contribution >= 4 is 39.5 Å². The molecular formula is C24H19BrF3N5O2. The van der Waals surface area contributed by atoms with E-state index in [0.717, 1.165) is 6.42 Å². The summed E-state index contributed by atoms with van der Waals surface area (Å²) in [5.74, 6) is -0.572. The first-order valence-electron chi connectivity index (χ1n) is 10.5. The van der Waals surface area contributed by atoms with Gasteiger partial charge in [-0.25, -0.2) is 5.01 Å². The lowest BCUT2D eigenvalue weighted by molar-refractivity contribution is -0.274. The predicted octanol–water partition coefficient (Wildman–Crippen LogP) is 5.54. The number of hydrogen-bond donors (Lipinski definition) is 1. The van der Waals surface area contributed by atoms with E-state index in [1.54, 1.807) is 37.5 Å². The summed E-state index contributed by atoms with van der Waals surface area (Å²) in [4.78, 5) is 20.7. The van der Waals surface area contributed by atoms with Crippen LogP contribution in [-0.2, 0) is 6.54 Å². The summed E-state index contributed by atoms with van der Waals surface area (Å²) in [5, 5.41) is 8.99. The molecule has 1 aromatic heterocycles. The number of nitrogens with one attached hydrogen (secondary N) is 1. The fraction of sp³-hybridized carbons (Fsp3) is 0.208. The van der Waals surface area contributed by atoms with Gasteiger partial charge >= 0.3 is 6.36 Å². The smallest absolute Gasteiger partial charge is 0.406 e. The number of fused-ring (bicyclic) bond motifs is 1. The Morgan fingerprint density at radius 1 is 1.37 bits per heavy atom. The van der Waals surface area contributed by atoms with E-state index >= 15 is 0 Å². The van der Waals surface area contributed by atoms with Crippen LogP contribution in [0.2, 0.25) is 0 Å². The number of aromatic nitrogens is 1. The van der Waals surface area contributed by atoms with Gasteiger partial charge in [0.2, 0.25) is 0 Å². The topological polar surface area (TPSA) is 79.2 Å². The zero-order chi connectivity index (χ0) is 25.2. The van der Waals surface area contributed by atoms with Gasteiger partial charge in [0.15, 0.2) is 0 Å². The summed E-state index contributed by atoms with van der Waals surface area (Å²) < 4.78 is 43.0. The minimum atomic E-state index is -4.84. The Bertz CT molecular complexity index is 1340. The van der Waals surface area contributed by atoms with Gasteiger partial charge < -0.3 is 10.1 Å². The molecule has 11 heteroatoms. The molecule has 7 nitrogen and oxygen atoms in total. The summed E-state index contributed by atoms with van der Waals surface area (Å²) in [5.41, 5.74) is 6.65. The monoisotopic (exact) mass is 545 g/mol. The van der Waals surface area contributed by atoms with Crippen molar-refractivity contribution in [2.24, 2.45) is 10.1 Å². The fourth-order valence-corrected chi connectivity index (χ4v) is 4.01. The van der Waals surface area contributed by atoms with E-state index in [2.05, 4.69) is 41.7 Å². The first kappa shape index (κ1) is 24.4. The van der Waals surface area contributed by atoms with E-state index in [-0.39, 0.29) is 11.7 Å². The maximum Gasteiger partial charge on any atom is 0.573 e. The molecule has 0 spiro atoms. The van der Waals surface area contributed by atoms with Crippen molar-refractivity contribution in [3.8, 4) is 5.75 Å². The molecule has 180 valence electrons. The SMILES string of the molecule is CCC=NC=C(C)N1N=C(c2nccc3c2CNC3=O)C=C=C1c1cc(Br)cc(OC(F)(F)F)c1. The highest BCUT2D eigenvalue weighted by molar-refractivity contribution is 9.10. The van der Waals surface area contributed by atoms with Crippen LogP contribution in [0.4, 0.5) is 13.2 Å². The molecule has 4 rings (SSSR count). The van der Waals surface area contributed by atoms with Gasteiger partial charge in [-0.15, -0.1) is 13.2 Å². The molecule has 2 aliphatic rings. The maximum atomic E-state index is 12.8. The van der Waals surface area contributed by atoms with Crippen molar-refractivity contribution in [1.29, 1.82) is 0 Å². The fourth-order valence-electron chi connectivity index (χ4n) is 3.54. The quantitative estimate of drug-likeness (QED) is 0.381. The summed E-state index contributed by atoms with van der Waals surface area (Å²) in [6, 6.07) is 5.75. The molecule has 3 heterocycles. The van der Waals surface area contributed by atoms with E-state index in [1.165, 1.54) is 23.3 Å². The number of alkyl halides is 3. The van der Waals surface area contributed by atoms with Crippen molar-refractivity contribution in [2.45, 2.75) is 33.2 Å². The Kier molecular flexibility index (Phi) is 6.90. The third-order valence-corrected chi connectivity index (χ3v) is 5.45. The van der Waals surface area contributed by atoms with Crippen LogP contribution in [0, 0.1) is 0 Å². The Balaban J connectivity index is 1.83. The van der Waals surface area contributed by atoms with Gasteiger partial charge in [-0.05, 0) is 37.6 Å². The number of nitrogens with zero attached hydrogens (tertiary/aromatic N) is 4. The van der Waals surface area contributed by atoms with E-state index in [9.17, 15) is 18.0 Å². The Hall–Kier alpha value is -3.69. The van der Waals surface area contributed by atoms with Crippen LogP contribution in [-0.4, -0.2) is 34.2 Å². The highest BCUT2D eigenvalue weighted by Gasteiger charge is 2.32. The summed E-state index contributed by atoms with van der Waals surface area (Å²) in [6.07, 6.45) is 2.32. The first-order chi connectivity index (χ1) is 16.7. The molecule has 0 atom stereocenters. The van der Waals surface area contributed by atoms with Crippen LogP contribution >= 0.6 is 15.9 Å². The number of amides is 1. The number of benzene rings is 1. The molecule has 35 heavy (non-hydrogen) atoms. The number of hydrazone groups is 1. The highest BCUT2D eigenvalue weighted by atomic mass is 79.9. The normalized spacial score (nSPS) is 15.8. The molecule has 1 N–H and O–H groups in total. The van der Waals surface area contributed by atoms with Crippen molar-refractivity contribution in [3.05, 3.63) is 81.0 Å². The molecular weight excluding hydrogens is 527 g/mol. The summed E-state index contributed by atoms with van der Waals surface area (Å²) in [7, 11) is 0. The number of ether oxygens (including phenoxy) is 1. The van der Waals surface area contributed by atoms with Gasteiger partial charge in [0, 0.05) is 52.4 Å². The molecule has 0 fully saturated rings. The zero-order valence-corrected chi connectivity index (χ0v) is 20.2. The number of carbonyl (C=O) groups excluding carboxylic acids is 1. The Labute approximate surface area is 207 Å². The van der Waals surface area contributed by atoms with Crippen LogP contribution in [0.5, 0.6) is 5.75 Å². The second-order valence-electron chi connectivity index (χ2n) is 7.54. The van der Waals surface area contributed by atoms with E-state index in [0.29, 0.717) is 50.5 Å². The minimum absolute atomic E-state index is 0.187. The molecule has 2 aliphatic heterocycles. The van der Waals surface area contributed by atoms with E-state index in [1.807, 2.05) is 6.92 Å². The number of allylic oxidation sites excluding steroid dienone is 2. The lowest BCUT2D eigenvalue weighted by Gasteiger charge is -2.25. The molecule has 0 aliphatic carbocycles. The molecule has 1 amide bonds. The molecule has 0 saturated carbocycles. The average Bonchev–Trinajstić information content (AvgIpc) is 3.18. The number of hydrogen-bond acceptors (Lipinski definition) is 6. The summed E-state index contributed by atoms with van der Waals surface area (Å²) >= 11 is 3.24. The number of halogens is 4. The second-order valence-corrected chi connectivity index (χ2v) is 8.45. The van der Waals surface area contributed by atoms with Crippen LogP contribution in [0.25, 0.3) is 5.70 Å². The highest BCUT2D eigenvalue weighted by Crippen LogP contribution is 2.34. The average molecular weight is 546 g/mol. The minimum Gasteiger partial charge on any atom is -0.406 e. The van der Waals surface area contributed by atoms with Crippen LogP contribution in [0.3, 0.4) is 0 Å². The number of rotatable bonds is 6. The molecule has 0 unspecified atom stereocenters. The van der Waals surface area contributed by atoms with Crippen molar-refractivity contribution in [3.63, 3.8) is 0 Å². The Morgan fingerprint density at radius 2 is 2.17 bits per heavy atom. The first-order valence-corrected chi connectivity index (χ1v) is 11.3. The van der Waals surface area contributed by atoms with Crippen LogP contribution < -0.4 is 10.1 Å². The lowest BCUT2D eigenvalue weighted by atomic mass is 10.0. The van der Waals surface area contributed by atoms with Gasteiger partial charge in [-0.1, -0.05) is 28.6 Å². The molecule has 0 bridgehead atoms. The van der Waals surface area contributed by atoms with Crippen molar-refractivity contribution in [1.82, 2.24) is 15.3 Å². The number of pyridine rings is 1. The van der Waals surface area contributed by atoms with Gasteiger partial charge in [0.05, 0.1) is 11.4 Å². The molecule has 1 aromatic carbocycles. The Morgan fingerprint density at radius 3 is 2.91 bits per heavy atom. The molecule has 0 saturated heterocycles. The van der Waals surface area contributed by atoms with Gasteiger partial charge in [-0.3, -0.25) is 14.8 Å². The third kappa shape index (κ3) is 5.52. The molecule has 2 aromatic rings. The zero-order valence-electron chi connectivity index (χ0n) is 18.7. The lowest BCUT2D eigenvalue weighted by Crippen LogP contribution is -2.21. The van der Waals surface area contributed by atoms with Gasteiger partial charge in [-0.2, -0.15) is 5.10 Å². The van der Waals surface area contributed by atoms with E-state index < -0.39 is 6.36 Å². The summed E-state index contributed by atoms with van der Waals surface area (Å²) in [6.45, 7) is 4.03. The number of aliphatic imine (C=N–C) groups is 1. The van der Waals surface area contributed by atoms with Crippen LogP contribution in [0.1, 0.15) is 47.4 Å². The largest absolute Gasteiger partial charge is 0.573 e. The molecule has 0 radical (unpaired) electrons. The standard InChI is InChI=1S/C24H19BrF3N5O2/c1-3-7-29-12-14(2)33-21(15-9-16(25)11-17(10-15)35-24(26,27)28)5-4-20(32-33)22-19-13-31-23(34)18(19)6-8-30-22/h4,6-12H,3,13H2,1-2H3,(H,31,34). The number of carbonyl (C=O) groups is 1. The predicted molar refractivity (Wildman–Crippen MR) is 129 cm³/mol. The maximum absolute atomic E-state index is 12.8. The second kappa shape index (κ2) is 9.89. The van der Waals surface area contributed by atoms with Gasteiger partial charge in [0.1, 0.15) is 17.2 Å². The van der Waals surface area contributed by atoms with Gasteiger partial charge in [0.25, 0.3) is 5.91 Å². The van der Waals surface area contributed by atoms with Crippen LogP contribution in [0.15, 0.2) is 68.7 Å². The van der Waals surface area contributed by atoms with E-state index in [4.69, 9.17) is 5.10 Å². The third-order valence-electron chi connectivity index (χ3n) is 5.00. The van der Waals surface area contributed by atoms with Crippen molar-refractivity contribution in [2.75, 3.05) is 0 Å².